The van der Waals surface area contributed by atoms with Crippen molar-refractivity contribution in [3.63, 3.8) is 0 Å². The van der Waals surface area contributed by atoms with Crippen molar-refractivity contribution in [2.45, 2.75) is 0 Å². The van der Waals surface area contributed by atoms with Crippen LogP contribution in [-0.4, -0.2) is 15.5 Å². The van der Waals surface area contributed by atoms with Gasteiger partial charge in [-0.05, 0) is 0 Å². The van der Waals surface area contributed by atoms with E-state index >= 15 is 0 Å². The van der Waals surface area contributed by atoms with Crippen LogP contribution in [0.15, 0.2) is 0 Å². The zero-order valence-electron chi connectivity index (χ0n) is 2.67. The molecule has 0 spiro atoms. The Hall–Kier alpha value is -0.640. The van der Waals surface area contributed by atoms with Crippen LogP contribution in [0.2, 0.25) is 5.28 Å². The van der Waals surface area contributed by atoms with Gasteiger partial charge < -0.3 is 5.10 Å². The van der Waals surface area contributed by atoms with Gasteiger partial charge in [0.1, 0.15) is 5.28 Å². The largest absolute Gasteiger partial charge is 0.320 e. The van der Waals surface area contributed by atoms with Crippen LogP contribution in [-0.2, 0) is 0 Å². The molecule has 32 valence electrons. The Morgan fingerprint density at radius 3 is 2.67 bits per heavy atom. The number of hydrogen-bond acceptors (Lipinski definition) is 3. The van der Waals surface area contributed by atoms with Crippen molar-refractivity contribution in [1.82, 2.24) is 20.6 Å². The molecule has 0 amide bonds. The van der Waals surface area contributed by atoms with Crippen molar-refractivity contribution in [3.05, 3.63) is 5.28 Å². The zero-order valence-corrected chi connectivity index (χ0v) is 3.42. The molecular formula is CClN4-. The van der Waals surface area contributed by atoms with Crippen molar-refractivity contribution < 1.29 is 0 Å². The fourth-order valence-electron chi connectivity index (χ4n) is 0.134. The highest BCUT2D eigenvalue weighted by atomic mass is 35.5. The van der Waals surface area contributed by atoms with Gasteiger partial charge in [-0.25, -0.2) is 0 Å². The van der Waals surface area contributed by atoms with Crippen molar-refractivity contribution in [1.29, 1.82) is 0 Å². The number of nitrogens with zero attached hydrogens (tertiary/aromatic N) is 4. The molecule has 4 nitrogen and oxygen atoms in total. The van der Waals surface area contributed by atoms with Crippen LogP contribution in [0.5, 0.6) is 0 Å². The van der Waals surface area contributed by atoms with Gasteiger partial charge in [-0.2, -0.15) is 5.21 Å². The third-order valence-electron chi connectivity index (χ3n) is 0.294. The lowest BCUT2D eigenvalue weighted by atomic mass is 11.4. The molecule has 5 heteroatoms. The molecule has 6 heavy (non-hydrogen) atoms. The van der Waals surface area contributed by atoms with Crippen molar-refractivity contribution in [3.8, 4) is 0 Å². The Balaban J connectivity index is 3.05. The molecular weight excluding hydrogens is 103 g/mol. The lowest BCUT2D eigenvalue weighted by molar-refractivity contribution is 0.871. The van der Waals surface area contributed by atoms with E-state index in [0.29, 0.717) is 0 Å². The topological polar surface area (TPSA) is 52.8 Å². The summed E-state index contributed by atoms with van der Waals surface area (Å²) in [7, 11) is 0. The summed E-state index contributed by atoms with van der Waals surface area (Å²) in [5, 5.41) is 12.7. The monoisotopic (exact) mass is 103 g/mol. The summed E-state index contributed by atoms with van der Waals surface area (Å²) in [5.41, 5.74) is 0. The summed E-state index contributed by atoms with van der Waals surface area (Å²) >= 11 is 5.11. The minimum Gasteiger partial charge on any atom is -0.320 e. The maximum Gasteiger partial charge on any atom is 0.100 e. The Morgan fingerprint density at radius 1 is 1.67 bits per heavy atom. The Kier molecular flexibility index (Phi) is 0.719. The van der Waals surface area contributed by atoms with E-state index in [2.05, 4.69) is 20.6 Å². The van der Waals surface area contributed by atoms with E-state index in [0.717, 1.165) is 0 Å². The van der Waals surface area contributed by atoms with Crippen LogP contribution < -0.4 is 5.10 Å². The third-order valence-corrected chi connectivity index (χ3v) is 0.446. The highest BCUT2D eigenvalue weighted by Crippen LogP contribution is 1.86. The molecule has 0 radical (unpaired) electrons. The standard InChI is InChI=1S/CClN4/c2-1-3-5-6-4-1/q-1. The van der Waals surface area contributed by atoms with E-state index in [1.807, 2.05) is 0 Å². The quantitative estimate of drug-likeness (QED) is 0.444. The average Bonchev–Trinajstić information content (AvgIpc) is 1.86. The molecule has 0 unspecified atom stereocenters. The zero-order chi connectivity index (χ0) is 4.41. The predicted molar refractivity (Wildman–Crippen MR) is 18.2 cm³/mol. The maximum absolute atomic E-state index is 5.11. The summed E-state index contributed by atoms with van der Waals surface area (Å²) in [4.78, 5) is 0. The summed E-state index contributed by atoms with van der Waals surface area (Å²) in [6, 6.07) is 0. The highest BCUT2D eigenvalue weighted by molar-refractivity contribution is 6.28. The number of aromatic nitrogens is 4. The number of tetrazole rings is 1. The number of halogens is 1. The molecule has 1 heterocycles. The summed E-state index contributed by atoms with van der Waals surface area (Å²) in [6.45, 7) is 0. The average molecular weight is 103 g/mol. The van der Waals surface area contributed by atoms with Crippen molar-refractivity contribution >= 4 is 11.6 Å². The lowest BCUT2D eigenvalue weighted by Gasteiger charge is -1.70. The van der Waals surface area contributed by atoms with Crippen LogP contribution in [0, 0.1) is 0 Å². The molecule has 1 rings (SSSR count). The van der Waals surface area contributed by atoms with Gasteiger partial charge in [0.05, 0.1) is 0 Å². The van der Waals surface area contributed by atoms with E-state index < -0.39 is 0 Å². The molecule has 0 atom stereocenters. The molecule has 1 aromatic rings. The van der Waals surface area contributed by atoms with Gasteiger partial charge in [0.2, 0.25) is 0 Å². The third kappa shape index (κ3) is 0.463. The van der Waals surface area contributed by atoms with E-state index in [-0.39, 0.29) is 5.28 Å². The van der Waals surface area contributed by atoms with Gasteiger partial charge >= 0.3 is 0 Å². The minimum atomic E-state index is 0.0926. The van der Waals surface area contributed by atoms with Crippen LogP contribution in [0.25, 0.3) is 0 Å². The van der Waals surface area contributed by atoms with Crippen molar-refractivity contribution in [2.75, 3.05) is 0 Å². The molecule has 0 aliphatic carbocycles. The van der Waals surface area contributed by atoms with Gasteiger partial charge in [-0.15, -0.1) is 0 Å². The first-order valence-corrected chi connectivity index (χ1v) is 1.61. The van der Waals surface area contributed by atoms with Gasteiger partial charge in [0.25, 0.3) is 0 Å². The van der Waals surface area contributed by atoms with E-state index in [9.17, 15) is 0 Å². The Morgan fingerprint density at radius 2 is 2.50 bits per heavy atom. The molecule has 0 aromatic carbocycles. The molecule has 0 saturated heterocycles. The second-order valence-corrected chi connectivity index (χ2v) is 0.986. The smallest absolute Gasteiger partial charge is 0.100 e. The normalized spacial score (nSPS) is 8.83. The maximum atomic E-state index is 5.11. The first-order valence-electron chi connectivity index (χ1n) is 1.24. The molecule has 0 fully saturated rings. The number of hydrogen-bond donors (Lipinski definition) is 0. The van der Waals surface area contributed by atoms with Crippen LogP contribution >= 0.6 is 11.6 Å². The van der Waals surface area contributed by atoms with E-state index in [4.69, 9.17) is 11.6 Å². The van der Waals surface area contributed by atoms with Crippen molar-refractivity contribution in [2.24, 2.45) is 0 Å². The highest BCUT2D eigenvalue weighted by Gasteiger charge is 1.67. The number of rotatable bonds is 0. The van der Waals surface area contributed by atoms with Gasteiger partial charge in [-0.1, -0.05) is 11.6 Å². The van der Waals surface area contributed by atoms with Crippen LogP contribution in [0.1, 0.15) is 0 Å². The lowest BCUT2D eigenvalue weighted by Crippen LogP contribution is -1.69. The Labute approximate surface area is 38.5 Å². The van der Waals surface area contributed by atoms with Crippen LogP contribution in [0.4, 0.5) is 0 Å². The van der Waals surface area contributed by atoms with Gasteiger partial charge in [0.15, 0.2) is 0 Å². The minimum absolute atomic E-state index is 0.0926. The fraction of sp³-hybridized carbons (Fsp3) is 0. The molecule has 0 aliphatic heterocycles. The molecule has 0 bridgehead atoms. The van der Waals surface area contributed by atoms with Gasteiger partial charge in [-0.3, -0.25) is 10.3 Å². The molecule has 1 aromatic heterocycles. The first-order chi connectivity index (χ1) is 2.89. The first kappa shape index (κ1) is 3.55. The Bertz CT molecular complexity index is 111. The second-order valence-electron chi connectivity index (χ2n) is 0.648. The summed E-state index contributed by atoms with van der Waals surface area (Å²) in [6.07, 6.45) is 0. The fourth-order valence-corrected chi connectivity index (χ4v) is 0.201. The second kappa shape index (κ2) is 1.22. The van der Waals surface area contributed by atoms with Crippen LogP contribution in [0.3, 0.4) is 0 Å². The molecule has 0 aliphatic rings. The van der Waals surface area contributed by atoms with E-state index in [1.165, 1.54) is 0 Å². The predicted octanol–water partition coefficient (Wildman–Crippen LogP) is -0.518. The van der Waals surface area contributed by atoms with Gasteiger partial charge in [0, 0.05) is 0 Å². The molecule has 0 N–H and O–H groups in total. The summed E-state index contributed by atoms with van der Waals surface area (Å²) < 4.78 is 0. The summed E-state index contributed by atoms with van der Waals surface area (Å²) in [5.74, 6) is 0. The van der Waals surface area contributed by atoms with E-state index in [1.54, 1.807) is 0 Å². The molecule has 0 saturated carbocycles. The SMILES string of the molecule is Clc1nnn[n-]1.